The molecule has 0 radical (unpaired) electrons. The summed E-state index contributed by atoms with van der Waals surface area (Å²) in [7, 11) is -3.96. The lowest BCUT2D eigenvalue weighted by Crippen LogP contribution is -2.21. The fourth-order valence-corrected chi connectivity index (χ4v) is 2.44. The number of sulfonamides is 1. The molecule has 0 bridgehead atoms. The van der Waals surface area contributed by atoms with Gasteiger partial charge in [-0.15, -0.1) is 0 Å². The molecule has 0 saturated heterocycles. The van der Waals surface area contributed by atoms with E-state index in [2.05, 4.69) is 0 Å². The Kier molecular flexibility index (Phi) is 6.15. The van der Waals surface area contributed by atoms with Crippen LogP contribution in [0.3, 0.4) is 0 Å². The Balaban J connectivity index is 3.06. The number of primary sulfonamides is 1. The predicted molar refractivity (Wildman–Crippen MR) is 78.9 cm³/mol. The maximum absolute atomic E-state index is 12.1. The van der Waals surface area contributed by atoms with Crippen molar-refractivity contribution in [3.05, 3.63) is 28.3 Å². The number of carbonyl (C=O) groups is 1. The lowest BCUT2D eigenvalue weighted by Gasteiger charge is -2.15. The standard InChI is InChI=1S/C13H18ClNO5S/c1-4-19-7-8(2)20-13(16)11-5-10(21(15,17)18)6-12(14)9(11)3/h5-6,8H,4,7H2,1-3H3,(H2,15,17,18). The summed E-state index contributed by atoms with van der Waals surface area (Å²) in [5, 5.41) is 5.18. The van der Waals surface area contributed by atoms with E-state index in [0.717, 1.165) is 6.07 Å². The first-order valence-corrected chi connectivity index (χ1v) is 8.21. The summed E-state index contributed by atoms with van der Waals surface area (Å²) in [6.07, 6.45) is -0.464. The molecule has 6 nitrogen and oxygen atoms in total. The monoisotopic (exact) mass is 335 g/mol. The second-order valence-electron chi connectivity index (χ2n) is 4.50. The molecule has 1 atom stereocenters. The van der Waals surface area contributed by atoms with Gasteiger partial charge in [-0.05, 0) is 38.5 Å². The van der Waals surface area contributed by atoms with Crippen LogP contribution in [-0.2, 0) is 19.5 Å². The molecule has 0 saturated carbocycles. The maximum Gasteiger partial charge on any atom is 0.338 e. The lowest BCUT2D eigenvalue weighted by molar-refractivity contribution is 0.00431. The van der Waals surface area contributed by atoms with Gasteiger partial charge in [0.25, 0.3) is 0 Å². The molecule has 0 fully saturated rings. The number of esters is 1. The molecular weight excluding hydrogens is 318 g/mol. The third kappa shape index (κ3) is 4.96. The number of hydrogen-bond acceptors (Lipinski definition) is 5. The van der Waals surface area contributed by atoms with E-state index >= 15 is 0 Å². The van der Waals surface area contributed by atoms with E-state index in [-0.39, 0.29) is 22.1 Å². The molecule has 0 aliphatic carbocycles. The largest absolute Gasteiger partial charge is 0.457 e. The van der Waals surface area contributed by atoms with Gasteiger partial charge >= 0.3 is 5.97 Å². The highest BCUT2D eigenvalue weighted by atomic mass is 35.5. The van der Waals surface area contributed by atoms with Crippen molar-refractivity contribution in [2.75, 3.05) is 13.2 Å². The van der Waals surface area contributed by atoms with Crippen molar-refractivity contribution in [2.45, 2.75) is 31.8 Å². The van der Waals surface area contributed by atoms with Crippen LogP contribution in [-0.4, -0.2) is 33.7 Å². The van der Waals surface area contributed by atoms with Crippen LogP contribution in [0.5, 0.6) is 0 Å². The van der Waals surface area contributed by atoms with Gasteiger partial charge in [-0.2, -0.15) is 0 Å². The van der Waals surface area contributed by atoms with Crippen LogP contribution >= 0.6 is 11.6 Å². The van der Waals surface area contributed by atoms with E-state index in [1.165, 1.54) is 6.07 Å². The smallest absolute Gasteiger partial charge is 0.338 e. The summed E-state index contributed by atoms with van der Waals surface area (Å²) in [5.41, 5.74) is 0.493. The van der Waals surface area contributed by atoms with Crippen LogP contribution in [0, 0.1) is 6.92 Å². The molecule has 118 valence electrons. The summed E-state index contributed by atoms with van der Waals surface area (Å²) < 4.78 is 33.1. The van der Waals surface area contributed by atoms with E-state index in [0.29, 0.717) is 12.2 Å². The topological polar surface area (TPSA) is 95.7 Å². The molecule has 1 rings (SSSR count). The van der Waals surface area contributed by atoms with Crippen LogP contribution in [0.1, 0.15) is 29.8 Å². The zero-order valence-electron chi connectivity index (χ0n) is 12.1. The number of benzene rings is 1. The molecule has 1 unspecified atom stereocenters. The Hall–Kier alpha value is -1.15. The van der Waals surface area contributed by atoms with Gasteiger partial charge in [0.2, 0.25) is 10.0 Å². The van der Waals surface area contributed by atoms with Gasteiger partial charge < -0.3 is 9.47 Å². The van der Waals surface area contributed by atoms with Crippen molar-refractivity contribution in [2.24, 2.45) is 5.14 Å². The van der Waals surface area contributed by atoms with Gasteiger partial charge in [0.15, 0.2) is 0 Å². The number of halogens is 1. The Labute approximate surface area is 129 Å². The van der Waals surface area contributed by atoms with Crippen LogP contribution in [0.25, 0.3) is 0 Å². The Bertz CT molecular complexity index is 630. The number of rotatable bonds is 6. The molecule has 1 aromatic carbocycles. The summed E-state index contributed by atoms with van der Waals surface area (Å²) in [4.78, 5) is 11.9. The Morgan fingerprint density at radius 3 is 2.57 bits per heavy atom. The van der Waals surface area contributed by atoms with E-state index in [1.54, 1.807) is 13.8 Å². The van der Waals surface area contributed by atoms with Gasteiger partial charge in [0, 0.05) is 11.6 Å². The normalized spacial score (nSPS) is 13.0. The average Bonchev–Trinajstić information content (AvgIpc) is 2.37. The van der Waals surface area contributed by atoms with Crippen LogP contribution in [0.2, 0.25) is 5.02 Å². The third-order valence-electron chi connectivity index (χ3n) is 2.73. The molecule has 21 heavy (non-hydrogen) atoms. The second kappa shape index (κ2) is 7.22. The number of carbonyl (C=O) groups excluding carboxylic acids is 1. The van der Waals surface area contributed by atoms with Crippen LogP contribution in [0.15, 0.2) is 17.0 Å². The fraction of sp³-hybridized carbons (Fsp3) is 0.462. The zero-order valence-corrected chi connectivity index (χ0v) is 13.6. The first-order valence-electron chi connectivity index (χ1n) is 6.28. The quantitative estimate of drug-likeness (QED) is 0.801. The minimum Gasteiger partial charge on any atom is -0.457 e. The highest BCUT2D eigenvalue weighted by molar-refractivity contribution is 7.89. The van der Waals surface area contributed by atoms with Crippen molar-refractivity contribution in [1.29, 1.82) is 0 Å². The Morgan fingerprint density at radius 2 is 2.05 bits per heavy atom. The van der Waals surface area contributed by atoms with Crippen molar-refractivity contribution >= 4 is 27.6 Å². The minimum absolute atomic E-state index is 0.0647. The maximum atomic E-state index is 12.1. The van der Waals surface area contributed by atoms with Gasteiger partial charge in [0.1, 0.15) is 6.10 Å². The van der Waals surface area contributed by atoms with Gasteiger partial charge in [0.05, 0.1) is 17.1 Å². The molecular formula is C13H18ClNO5S. The van der Waals surface area contributed by atoms with Crippen LogP contribution in [0.4, 0.5) is 0 Å². The summed E-state index contributed by atoms with van der Waals surface area (Å²) in [5.74, 6) is -0.674. The van der Waals surface area contributed by atoms with Crippen molar-refractivity contribution in [3.8, 4) is 0 Å². The summed E-state index contributed by atoms with van der Waals surface area (Å²) >= 11 is 5.94. The second-order valence-corrected chi connectivity index (χ2v) is 6.47. The Morgan fingerprint density at radius 1 is 1.43 bits per heavy atom. The number of hydrogen-bond donors (Lipinski definition) is 1. The molecule has 8 heteroatoms. The first-order chi connectivity index (χ1) is 9.66. The van der Waals surface area contributed by atoms with E-state index in [9.17, 15) is 13.2 Å². The fourth-order valence-electron chi connectivity index (χ4n) is 1.59. The van der Waals surface area contributed by atoms with Crippen molar-refractivity contribution in [1.82, 2.24) is 0 Å². The molecule has 1 aromatic rings. The SMILES string of the molecule is CCOCC(C)OC(=O)c1cc(S(N)(=O)=O)cc(Cl)c1C. The predicted octanol–water partition coefficient (Wildman–Crippen LogP) is 1.88. The average molecular weight is 336 g/mol. The molecule has 0 amide bonds. The molecule has 0 aliphatic heterocycles. The molecule has 0 heterocycles. The van der Waals surface area contributed by atoms with Crippen molar-refractivity contribution in [3.63, 3.8) is 0 Å². The van der Waals surface area contributed by atoms with Crippen LogP contribution < -0.4 is 5.14 Å². The van der Waals surface area contributed by atoms with Gasteiger partial charge in [-0.1, -0.05) is 11.6 Å². The van der Waals surface area contributed by atoms with Gasteiger partial charge in [-0.25, -0.2) is 18.4 Å². The highest BCUT2D eigenvalue weighted by Gasteiger charge is 2.20. The molecule has 0 aliphatic rings. The van der Waals surface area contributed by atoms with E-state index in [4.69, 9.17) is 26.2 Å². The molecule has 2 N–H and O–H groups in total. The summed E-state index contributed by atoms with van der Waals surface area (Å²) in [6, 6.07) is 2.36. The summed E-state index contributed by atoms with van der Waals surface area (Å²) in [6.45, 7) is 5.86. The van der Waals surface area contributed by atoms with Gasteiger partial charge in [-0.3, -0.25) is 0 Å². The molecule has 0 spiro atoms. The highest BCUT2D eigenvalue weighted by Crippen LogP contribution is 2.24. The number of nitrogens with two attached hydrogens (primary N) is 1. The lowest BCUT2D eigenvalue weighted by atomic mass is 10.1. The van der Waals surface area contributed by atoms with Crippen molar-refractivity contribution < 1.29 is 22.7 Å². The zero-order chi connectivity index (χ0) is 16.2. The molecule has 0 aromatic heterocycles. The minimum atomic E-state index is -3.96. The number of ether oxygens (including phenoxy) is 2. The van der Waals surface area contributed by atoms with E-state index < -0.39 is 22.1 Å². The first kappa shape index (κ1) is 17.9. The third-order valence-corrected chi connectivity index (χ3v) is 4.02. The van der Waals surface area contributed by atoms with E-state index in [1.807, 2.05) is 6.92 Å².